The van der Waals surface area contributed by atoms with Crippen molar-refractivity contribution in [3.05, 3.63) is 41.6 Å². The van der Waals surface area contributed by atoms with Gasteiger partial charge in [0.2, 0.25) is 5.95 Å². The van der Waals surface area contributed by atoms with Crippen molar-refractivity contribution in [2.75, 3.05) is 36.9 Å². The molecule has 0 bridgehead atoms. The lowest BCUT2D eigenvalue weighted by Gasteiger charge is -2.13. The highest BCUT2D eigenvalue weighted by Gasteiger charge is 2.06. The van der Waals surface area contributed by atoms with Crippen molar-refractivity contribution < 1.29 is 0 Å². The molecule has 0 fully saturated rings. The second-order valence-corrected chi connectivity index (χ2v) is 5.70. The predicted octanol–water partition coefficient (Wildman–Crippen LogP) is 3.02. The molecule has 1 aliphatic heterocycles. The highest BCUT2D eigenvalue weighted by Crippen LogP contribution is 2.18. The van der Waals surface area contributed by atoms with Crippen molar-refractivity contribution >= 4 is 35.3 Å². The molecule has 0 atom stereocenters. The van der Waals surface area contributed by atoms with E-state index in [-0.39, 0.29) is 0 Å². The van der Waals surface area contributed by atoms with Gasteiger partial charge in [-0.1, -0.05) is 17.7 Å². The van der Waals surface area contributed by atoms with Gasteiger partial charge in [0.05, 0.1) is 6.67 Å². The second kappa shape index (κ2) is 7.89. The van der Waals surface area contributed by atoms with Gasteiger partial charge >= 0.3 is 0 Å². The average Bonchev–Trinajstić information content (AvgIpc) is 3.05. The van der Waals surface area contributed by atoms with Crippen LogP contribution in [0.25, 0.3) is 0 Å². The molecule has 7 heteroatoms. The summed E-state index contributed by atoms with van der Waals surface area (Å²) in [6.45, 7) is 3.68. The zero-order chi connectivity index (χ0) is 15.9. The molecule has 0 amide bonds. The molecule has 0 saturated heterocycles. The summed E-state index contributed by atoms with van der Waals surface area (Å²) in [6, 6.07) is 9.34. The Morgan fingerprint density at radius 2 is 2.22 bits per heavy atom. The summed E-state index contributed by atoms with van der Waals surface area (Å²) in [5.74, 6) is 1.35. The van der Waals surface area contributed by atoms with E-state index in [9.17, 15) is 0 Å². The molecule has 0 saturated carbocycles. The fraction of sp³-hybridized carbons (Fsp3) is 0.312. The first-order chi connectivity index (χ1) is 11.3. The van der Waals surface area contributed by atoms with Crippen molar-refractivity contribution in [1.29, 1.82) is 0 Å². The summed E-state index contributed by atoms with van der Waals surface area (Å²) >= 11 is 5.97. The van der Waals surface area contributed by atoms with E-state index in [1.807, 2.05) is 36.5 Å². The Morgan fingerprint density at radius 3 is 3.04 bits per heavy atom. The molecule has 120 valence electrons. The lowest BCUT2D eigenvalue weighted by atomic mass is 10.3. The zero-order valence-corrected chi connectivity index (χ0v) is 13.5. The number of aliphatic imine (C=N–C) groups is 1. The van der Waals surface area contributed by atoms with Crippen molar-refractivity contribution in [1.82, 2.24) is 14.9 Å². The molecule has 0 unspecified atom stereocenters. The van der Waals surface area contributed by atoms with E-state index in [0.29, 0.717) is 11.0 Å². The summed E-state index contributed by atoms with van der Waals surface area (Å²) < 4.78 is 0. The van der Waals surface area contributed by atoms with Crippen LogP contribution in [0.5, 0.6) is 0 Å². The van der Waals surface area contributed by atoms with Crippen LogP contribution in [0.3, 0.4) is 0 Å². The van der Waals surface area contributed by atoms with E-state index in [2.05, 4.69) is 30.5 Å². The Labute approximate surface area is 140 Å². The molecule has 2 aromatic rings. The maximum Gasteiger partial charge on any atom is 0.229 e. The van der Waals surface area contributed by atoms with E-state index >= 15 is 0 Å². The monoisotopic (exact) mass is 330 g/mol. The van der Waals surface area contributed by atoms with Gasteiger partial charge in [-0.15, -0.1) is 0 Å². The van der Waals surface area contributed by atoms with Gasteiger partial charge in [0, 0.05) is 42.8 Å². The number of rotatable bonds is 7. The van der Waals surface area contributed by atoms with Crippen LogP contribution in [0.15, 0.2) is 41.5 Å². The number of nitrogens with one attached hydrogen (secondary N) is 2. The van der Waals surface area contributed by atoms with E-state index in [0.717, 1.165) is 44.2 Å². The van der Waals surface area contributed by atoms with Crippen LogP contribution in [-0.4, -0.2) is 47.4 Å². The highest BCUT2D eigenvalue weighted by atomic mass is 35.5. The minimum atomic E-state index is 0.546. The van der Waals surface area contributed by atoms with Gasteiger partial charge in [0.25, 0.3) is 0 Å². The van der Waals surface area contributed by atoms with E-state index in [1.165, 1.54) is 0 Å². The zero-order valence-electron chi connectivity index (χ0n) is 12.7. The molecule has 2 heterocycles. The first-order valence-corrected chi connectivity index (χ1v) is 7.97. The van der Waals surface area contributed by atoms with E-state index < -0.39 is 0 Å². The summed E-state index contributed by atoms with van der Waals surface area (Å²) in [4.78, 5) is 15.2. The Morgan fingerprint density at radius 1 is 1.26 bits per heavy atom. The largest absolute Gasteiger partial charge is 0.370 e. The second-order valence-electron chi connectivity index (χ2n) is 5.26. The van der Waals surface area contributed by atoms with Gasteiger partial charge in [0.1, 0.15) is 5.82 Å². The van der Waals surface area contributed by atoms with Crippen LogP contribution >= 0.6 is 11.6 Å². The minimum absolute atomic E-state index is 0.546. The lowest BCUT2D eigenvalue weighted by molar-refractivity contribution is 0.341. The first kappa shape index (κ1) is 15.7. The molecule has 0 aliphatic carbocycles. The van der Waals surface area contributed by atoms with Crippen LogP contribution in [0.1, 0.15) is 6.42 Å². The van der Waals surface area contributed by atoms with Crippen molar-refractivity contribution in [2.24, 2.45) is 4.99 Å². The number of hydrogen-bond acceptors (Lipinski definition) is 6. The van der Waals surface area contributed by atoms with Crippen LogP contribution in [0, 0.1) is 0 Å². The van der Waals surface area contributed by atoms with Gasteiger partial charge in [0.15, 0.2) is 0 Å². The smallest absolute Gasteiger partial charge is 0.229 e. The van der Waals surface area contributed by atoms with Crippen molar-refractivity contribution in [3.8, 4) is 0 Å². The average molecular weight is 331 g/mol. The number of halogens is 1. The summed E-state index contributed by atoms with van der Waals surface area (Å²) in [5, 5.41) is 7.15. The molecule has 0 radical (unpaired) electrons. The topological polar surface area (TPSA) is 65.4 Å². The highest BCUT2D eigenvalue weighted by molar-refractivity contribution is 6.30. The fourth-order valence-electron chi connectivity index (χ4n) is 2.30. The molecule has 6 nitrogen and oxygen atoms in total. The lowest BCUT2D eigenvalue weighted by Crippen LogP contribution is -2.23. The van der Waals surface area contributed by atoms with Crippen LogP contribution < -0.4 is 10.6 Å². The molecular formula is C16H19ClN6. The molecule has 1 aromatic heterocycles. The SMILES string of the molecule is Clc1cccc(Nc2nccc(NCCCN3CC=NC3)n2)c1. The number of anilines is 3. The molecule has 1 aromatic carbocycles. The molecular weight excluding hydrogens is 312 g/mol. The minimum Gasteiger partial charge on any atom is -0.370 e. The quantitative estimate of drug-likeness (QED) is 0.764. The fourth-order valence-corrected chi connectivity index (χ4v) is 2.49. The number of nitrogens with zero attached hydrogens (tertiary/aromatic N) is 4. The van der Waals surface area contributed by atoms with Crippen molar-refractivity contribution in [3.63, 3.8) is 0 Å². The summed E-state index contributed by atoms with van der Waals surface area (Å²) in [7, 11) is 0. The van der Waals surface area contributed by atoms with Crippen LogP contribution in [0.2, 0.25) is 5.02 Å². The molecule has 23 heavy (non-hydrogen) atoms. The van der Waals surface area contributed by atoms with Crippen molar-refractivity contribution in [2.45, 2.75) is 6.42 Å². The molecule has 0 spiro atoms. The van der Waals surface area contributed by atoms with Gasteiger partial charge in [-0.25, -0.2) is 4.98 Å². The van der Waals surface area contributed by atoms with Gasteiger partial charge < -0.3 is 10.6 Å². The number of benzene rings is 1. The predicted molar refractivity (Wildman–Crippen MR) is 94.8 cm³/mol. The molecule has 2 N–H and O–H groups in total. The third-order valence-electron chi connectivity index (χ3n) is 3.44. The normalized spacial score (nSPS) is 14.1. The standard InChI is InChI=1S/C16H19ClN6/c17-13-3-1-4-14(11-13)21-16-20-7-5-15(22-16)19-6-2-9-23-10-8-18-12-23/h1,3-5,7-8,11H,2,6,9-10,12H2,(H2,19,20,21,22). The van der Waals surface area contributed by atoms with Crippen LogP contribution in [0.4, 0.5) is 17.5 Å². The Hall–Kier alpha value is -2.18. The van der Waals surface area contributed by atoms with Gasteiger partial charge in [-0.3, -0.25) is 9.89 Å². The Balaban J connectivity index is 1.48. The molecule has 1 aliphatic rings. The van der Waals surface area contributed by atoms with Gasteiger partial charge in [-0.2, -0.15) is 4.98 Å². The third-order valence-corrected chi connectivity index (χ3v) is 3.68. The number of aromatic nitrogens is 2. The van der Waals surface area contributed by atoms with E-state index in [1.54, 1.807) is 6.20 Å². The van der Waals surface area contributed by atoms with Gasteiger partial charge in [-0.05, 0) is 30.7 Å². The summed E-state index contributed by atoms with van der Waals surface area (Å²) in [5.41, 5.74) is 0.865. The maximum atomic E-state index is 5.97. The Bertz CT molecular complexity index is 667. The first-order valence-electron chi connectivity index (χ1n) is 7.60. The Kier molecular flexibility index (Phi) is 5.39. The summed E-state index contributed by atoms with van der Waals surface area (Å²) in [6.07, 6.45) is 4.74. The van der Waals surface area contributed by atoms with Crippen LogP contribution in [-0.2, 0) is 0 Å². The number of hydrogen-bond donors (Lipinski definition) is 2. The van der Waals surface area contributed by atoms with E-state index in [4.69, 9.17) is 11.6 Å². The molecule has 3 rings (SSSR count). The third kappa shape index (κ3) is 4.91. The maximum absolute atomic E-state index is 5.97.